The normalized spacial score (nSPS) is 11.3. The van der Waals surface area contributed by atoms with Crippen molar-refractivity contribution < 1.29 is 9.90 Å². The van der Waals surface area contributed by atoms with Crippen molar-refractivity contribution in [2.45, 2.75) is 13.0 Å². The Bertz CT molecular complexity index is 927. The maximum Gasteiger partial charge on any atom is 0.305 e. The van der Waals surface area contributed by atoms with Gasteiger partial charge in [-0.3, -0.25) is 14.2 Å². The molecule has 0 atom stereocenters. The Morgan fingerprint density at radius 3 is 2.78 bits per heavy atom. The van der Waals surface area contributed by atoms with E-state index in [1.807, 2.05) is 29.7 Å². The van der Waals surface area contributed by atoms with Crippen molar-refractivity contribution in [3.63, 3.8) is 0 Å². The highest BCUT2D eigenvalue weighted by Gasteiger charge is 2.10. The predicted molar refractivity (Wildman–Crippen MR) is 91.5 cm³/mol. The molecule has 3 aromatic rings. The number of fused-ring (bicyclic) bond motifs is 1. The minimum absolute atomic E-state index is 0.0934. The SMILES string of the molecule is O=C(O)CCn1c(/C=C/c2cccs2)nc2ccccc2c1=O. The number of carbonyl (C=O) groups is 1. The lowest BCUT2D eigenvalue weighted by Gasteiger charge is -2.10. The third-order valence-electron chi connectivity index (χ3n) is 3.38. The maximum absolute atomic E-state index is 12.6. The average Bonchev–Trinajstić information content (AvgIpc) is 3.05. The zero-order chi connectivity index (χ0) is 16.2. The number of benzene rings is 1. The molecular formula is C17H14N2O3S. The van der Waals surface area contributed by atoms with Gasteiger partial charge in [-0.25, -0.2) is 4.98 Å². The van der Waals surface area contributed by atoms with Crippen LogP contribution in [0.2, 0.25) is 0 Å². The summed E-state index contributed by atoms with van der Waals surface area (Å²) in [4.78, 5) is 29.0. The van der Waals surface area contributed by atoms with E-state index in [2.05, 4.69) is 4.98 Å². The molecule has 0 fully saturated rings. The van der Waals surface area contributed by atoms with Crippen molar-refractivity contribution in [2.75, 3.05) is 0 Å². The van der Waals surface area contributed by atoms with Crippen molar-refractivity contribution in [3.05, 3.63) is 62.8 Å². The van der Waals surface area contributed by atoms with E-state index < -0.39 is 5.97 Å². The van der Waals surface area contributed by atoms with Gasteiger partial charge in [-0.1, -0.05) is 18.2 Å². The van der Waals surface area contributed by atoms with Crippen LogP contribution in [0.4, 0.5) is 0 Å². The first-order chi connectivity index (χ1) is 11.1. The largest absolute Gasteiger partial charge is 0.481 e. The van der Waals surface area contributed by atoms with E-state index >= 15 is 0 Å². The topological polar surface area (TPSA) is 72.2 Å². The maximum atomic E-state index is 12.6. The first-order valence-corrected chi connectivity index (χ1v) is 7.96. The number of hydrogen-bond acceptors (Lipinski definition) is 4. The molecule has 0 unspecified atom stereocenters. The summed E-state index contributed by atoms with van der Waals surface area (Å²) in [7, 11) is 0. The lowest BCUT2D eigenvalue weighted by Crippen LogP contribution is -2.25. The van der Waals surface area contributed by atoms with Crippen LogP contribution in [0.5, 0.6) is 0 Å². The minimum Gasteiger partial charge on any atom is -0.481 e. The Kier molecular flexibility index (Phi) is 4.34. The molecular weight excluding hydrogens is 312 g/mol. The summed E-state index contributed by atoms with van der Waals surface area (Å²) >= 11 is 1.58. The zero-order valence-corrected chi connectivity index (χ0v) is 13.0. The van der Waals surface area contributed by atoms with Crippen LogP contribution in [-0.4, -0.2) is 20.6 Å². The highest BCUT2D eigenvalue weighted by molar-refractivity contribution is 7.10. The fraction of sp³-hybridized carbons (Fsp3) is 0.118. The number of para-hydroxylation sites is 1. The van der Waals surface area contributed by atoms with Gasteiger partial charge in [-0.05, 0) is 35.7 Å². The molecule has 23 heavy (non-hydrogen) atoms. The van der Waals surface area contributed by atoms with Gasteiger partial charge in [0.15, 0.2) is 0 Å². The van der Waals surface area contributed by atoms with Gasteiger partial charge < -0.3 is 5.11 Å². The molecule has 0 aliphatic heterocycles. The quantitative estimate of drug-likeness (QED) is 0.782. The van der Waals surface area contributed by atoms with E-state index in [0.717, 1.165) is 4.88 Å². The summed E-state index contributed by atoms with van der Waals surface area (Å²) < 4.78 is 1.42. The van der Waals surface area contributed by atoms with E-state index in [-0.39, 0.29) is 18.5 Å². The van der Waals surface area contributed by atoms with Crippen LogP contribution in [0.15, 0.2) is 46.6 Å². The first kappa shape index (κ1) is 15.2. The van der Waals surface area contributed by atoms with Crippen molar-refractivity contribution in [1.82, 2.24) is 9.55 Å². The molecule has 0 aliphatic carbocycles. The molecule has 1 aromatic carbocycles. The number of aromatic nitrogens is 2. The van der Waals surface area contributed by atoms with Gasteiger partial charge in [0.1, 0.15) is 5.82 Å². The Balaban J connectivity index is 2.11. The van der Waals surface area contributed by atoms with Crippen molar-refractivity contribution in [2.24, 2.45) is 0 Å². The monoisotopic (exact) mass is 326 g/mol. The standard InChI is InChI=1S/C17H14N2O3S/c20-16(21)9-10-19-15(8-7-12-4-3-11-23-12)18-14-6-2-1-5-13(14)17(19)22/h1-8,11H,9-10H2,(H,20,21)/b8-7+. The van der Waals surface area contributed by atoms with Crippen LogP contribution in [0.25, 0.3) is 23.1 Å². The summed E-state index contributed by atoms with van der Waals surface area (Å²) in [6.45, 7) is 0.0934. The van der Waals surface area contributed by atoms with Gasteiger partial charge in [0.2, 0.25) is 0 Å². The van der Waals surface area contributed by atoms with Crippen molar-refractivity contribution in [1.29, 1.82) is 0 Å². The first-order valence-electron chi connectivity index (χ1n) is 7.08. The molecule has 2 aromatic heterocycles. The molecule has 6 heteroatoms. The summed E-state index contributed by atoms with van der Waals surface area (Å²) in [5.74, 6) is -0.485. The lowest BCUT2D eigenvalue weighted by molar-refractivity contribution is -0.137. The molecule has 116 valence electrons. The molecule has 0 saturated carbocycles. The van der Waals surface area contributed by atoms with Gasteiger partial charge in [-0.15, -0.1) is 11.3 Å². The highest BCUT2D eigenvalue weighted by Crippen LogP contribution is 2.14. The van der Waals surface area contributed by atoms with Crippen LogP contribution >= 0.6 is 11.3 Å². The summed E-state index contributed by atoms with van der Waals surface area (Å²) in [5, 5.41) is 11.4. The summed E-state index contributed by atoms with van der Waals surface area (Å²) in [6, 6.07) is 11.0. The Morgan fingerprint density at radius 1 is 1.22 bits per heavy atom. The van der Waals surface area contributed by atoms with E-state index in [0.29, 0.717) is 16.7 Å². The van der Waals surface area contributed by atoms with Crippen molar-refractivity contribution in [3.8, 4) is 0 Å². The third-order valence-corrected chi connectivity index (χ3v) is 4.22. The molecule has 0 saturated heterocycles. The van der Waals surface area contributed by atoms with Crippen LogP contribution in [0.1, 0.15) is 17.1 Å². The number of thiophene rings is 1. The predicted octanol–water partition coefficient (Wildman–Crippen LogP) is 3.10. The summed E-state index contributed by atoms with van der Waals surface area (Å²) in [5.41, 5.74) is 0.387. The number of hydrogen-bond donors (Lipinski definition) is 1. The second-order valence-electron chi connectivity index (χ2n) is 4.94. The van der Waals surface area contributed by atoms with Crippen LogP contribution < -0.4 is 5.56 Å². The fourth-order valence-electron chi connectivity index (χ4n) is 2.28. The third kappa shape index (κ3) is 3.37. The Labute approximate surface area is 136 Å². The van der Waals surface area contributed by atoms with E-state index in [1.165, 1.54) is 4.57 Å². The Hall–Kier alpha value is -2.73. The second kappa shape index (κ2) is 6.58. The smallest absolute Gasteiger partial charge is 0.305 e. The molecule has 0 bridgehead atoms. The number of carboxylic acids is 1. The zero-order valence-electron chi connectivity index (χ0n) is 12.2. The molecule has 0 spiro atoms. The van der Waals surface area contributed by atoms with E-state index in [4.69, 9.17) is 5.11 Å². The summed E-state index contributed by atoms with van der Waals surface area (Å²) in [6.07, 6.45) is 3.50. The number of nitrogens with zero attached hydrogens (tertiary/aromatic N) is 2. The minimum atomic E-state index is -0.946. The fourth-order valence-corrected chi connectivity index (χ4v) is 2.90. The van der Waals surface area contributed by atoms with Crippen LogP contribution in [-0.2, 0) is 11.3 Å². The number of carboxylic acid groups (broad SMARTS) is 1. The van der Waals surface area contributed by atoms with E-state index in [1.54, 1.807) is 35.6 Å². The van der Waals surface area contributed by atoms with Crippen LogP contribution in [0, 0.1) is 0 Å². The molecule has 5 nitrogen and oxygen atoms in total. The van der Waals surface area contributed by atoms with Crippen molar-refractivity contribution >= 4 is 40.4 Å². The molecule has 0 aliphatic rings. The van der Waals surface area contributed by atoms with Crippen LogP contribution in [0.3, 0.4) is 0 Å². The molecule has 2 heterocycles. The van der Waals surface area contributed by atoms with Gasteiger partial charge in [-0.2, -0.15) is 0 Å². The Morgan fingerprint density at radius 2 is 2.04 bits per heavy atom. The van der Waals surface area contributed by atoms with Gasteiger partial charge in [0, 0.05) is 11.4 Å². The molecule has 1 N–H and O–H groups in total. The molecule has 3 rings (SSSR count). The highest BCUT2D eigenvalue weighted by atomic mass is 32.1. The van der Waals surface area contributed by atoms with E-state index in [9.17, 15) is 9.59 Å². The van der Waals surface area contributed by atoms with Gasteiger partial charge >= 0.3 is 5.97 Å². The average molecular weight is 326 g/mol. The molecule has 0 radical (unpaired) electrons. The second-order valence-corrected chi connectivity index (χ2v) is 5.92. The number of rotatable bonds is 5. The van der Waals surface area contributed by atoms with Gasteiger partial charge in [0.25, 0.3) is 5.56 Å². The van der Waals surface area contributed by atoms with Gasteiger partial charge in [0.05, 0.1) is 17.3 Å². The molecule has 0 amide bonds. The lowest BCUT2D eigenvalue weighted by atomic mass is 10.2. The number of aliphatic carboxylic acids is 1.